The predicted molar refractivity (Wildman–Crippen MR) is 106 cm³/mol. The third-order valence-electron chi connectivity index (χ3n) is 4.91. The summed E-state index contributed by atoms with van der Waals surface area (Å²) in [5.41, 5.74) is 2.95. The van der Waals surface area contributed by atoms with Crippen molar-refractivity contribution in [3.05, 3.63) is 41.9 Å². The number of carbonyl (C=O) groups is 1. The minimum absolute atomic E-state index is 0.0277. The average Bonchev–Trinajstić information content (AvgIpc) is 2.68. The lowest BCUT2D eigenvalue weighted by Gasteiger charge is -2.35. The van der Waals surface area contributed by atoms with Gasteiger partial charge >= 0.3 is 0 Å². The summed E-state index contributed by atoms with van der Waals surface area (Å²) >= 11 is 0. The fraction of sp³-hybridized carbons (Fsp3) is 0.450. The fourth-order valence-electron chi connectivity index (χ4n) is 3.43. The van der Waals surface area contributed by atoms with Crippen molar-refractivity contribution < 1.29 is 9.53 Å². The van der Waals surface area contributed by atoms with E-state index in [1.54, 1.807) is 13.4 Å². The van der Waals surface area contributed by atoms with Crippen LogP contribution in [0.1, 0.15) is 18.2 Å². The normalized spacial score (nSPS) is 14.9. The zero-order chi connectivity index (χ0) is 19.2. The number of hydrogen-bond acceptors (Lipinski definition) is 6. The monoisotopic (exact) mass is 369 g/mol. The van der Waals surface area contributed by atoms with E-state index in [-0.39, 0.29) is 5.91 Å². The van der Waals surface area contributed by atoms with E-state index in [1.165, 1.54) is 5.56 Å². The van der Waals surface area contributed by atoms with Crippen molar-refractivity contribution >= 4 is 17.4 Å². The number of methoxy groups -OCH3 is 1. The van der Waals surface area contributed by atoms with Gasteiger partial charge in [-0.3, -0.25) is 9.69 Å². The van der Waals surface area contributed by atoms with Gasteiger partial charge in [-0.15, -0.1) is 0 Å². The second-order valence-electron chi connectivity index (χ2n) is 6.63. The molecule has 1 aromatic heterocycles. The Hall–Kier alpha value is -2.67. The third kappa shape index (κ3) is 4.54. The Labute approximate surface area is 160 Å². The molecule has 0 aliphatic carbocycles. The third-order valence-corrected chi connectivity index (χ3v) is 4.91. The Balaban J connectivity index is 1.55. The first kappa shape index (κ1) is 19.1. The highest BCUT2D eigenvalue weighted by Gasteiger charge is 2.22. The first-order valence-corrected chi connectivity index (χ1v) is 9.33. The predicted octanol–water partition coefficient (Wildman–Crippen LogP) is 2.12. The number of nitrogens with one attached hydrogen (secondary N) is 1. The fourth-order valence-corrected chi connectivity index (χ4v) is 3.43. The molecule has 1 aliphatic heterocycles. The molecule has 27 heavy (non-hydrogen) atoms. The summed E-state index contributed by atoms with van der Waals surface area (Å²) in [6.45, 7) is 7.89. The highest BCUT2D eigenvalue weighted by atomic mass is 16.5. The van der Waals surface area contributed by atoms with Gasteiger partial charge in [-0.25, -0.2) is 9.97 Å². The lowest BCUT2D eigenvalue weighted by atomic mass is 10.1. The number of piperazine rings is 1. The maximum absolute atomic E-state index is 12.4. The zero-order valence-electron chi connectivity index (χ0n) is 16.2. The highest BCUT2D eigenvalue weighted by Crippen LogP contribution is 2.23. The van der Waals surface area contributed by atoms with Crippen LogP contribution in [0.5, 0.6) is 5.75 Å². The molecule has 3 rings (SSSR count). The van der Waals surface area contributed by atoms with Crippen LogP contribution >= 0.6 is 0 Å². The van der Waals surface area contributed by atoms with Crippen molar-refractivity contribution in [3.8, 4) is 5.75 Å². The first-order valence-electron chi connectivity index (χ1n) is 9.33. The summed E-state index contributed by atoms with van der Waals surface area (Å²) in [5, 5.41) is 2.94. The molecule has 0 saturated carbocycles. The van der Waals surface area contributed by atoms with Crippen LogP contribution in [-0.4, -0.2) is 60.6 Å². The van der Waals surface area contributed by atoms with E-state index in [0.717, 1.165) is 44.1 Å². The van der Waals surface area contributed by atoms with Crippen molar-refractivity contribution in [2.75, 3.05) is 50.1 Å². The minimum Gasteiger partial charge on any atom is -0.495 e. The number of ether oxygens (including phenoxy) is 1. The number of aryl methyl sites for hydroxylation is 1. The zero-order valence-corrected chi connectivity index (χ0v) is 16.2. The van der Waals surface area contributed by atoms with Crippen LogP contribution in [0.4, 0.5) is 11.5 Å². The van der Waals surface area contributed by atoms with Crippen LogP contribution < -0.4 is 15.0 Å². The van der Waals surface area contributed by atoms with E-state index in [9.17, 15) is 4.79 Å². The molecule has 1 saturated heterocycles. The van der Waals surface area contributed by atoms with Crippen LogP contribution in [0.2, 0.25) is 0 Å². The Morgan fingerprint density at radius 2 is 1.93 bits per heavy atom. The molecule has 1 aromatic carbocycles. The van der Waals surface area contributed by atoms with Crippen molar-refractivity contribution in [2.45, 2.75) is 20.3 Å². The summed E-state index contributed by atoms with van der Waals surface area (Å²) in [5.74, 6) is 1.67. The molecule has 0 bridgehead atoms. The smallest absolute Gasteiger partial charge is 0.238 e. The number of hydrogen-bond donors (Lipinski definition) is 1. The molecule has 1 fully saturated rings. The first-order chi connectivity index (χ1) is 13.1. The maximum Gasteiger partial charge on any atom is 0.238 e. The highest BCUT2D eigenvalue weighted by molar-refractivity contribution is 5.93. The van der Waals surface area contributed by atoms with Crippen LogP contribution in [0.25, 0.3) is 0 Å². The molecular formula is C20H27N5O2. The van der Waals surface area contributed by atoms with Gasteiger partial charge in [-0.05, 0) is 25.5 Å². The van der Waals surface area contributed by atoms with Crippen molar-refractivity contribution in [1.29, 1.82) is 0 Å². The van der Waals surface area contributed by atoms with Gasteiger partial charge < -0.3 is 15.0 Å². The largest absolute Gasteiger partial charge is 0.495 e. The van der Waals surface area contributed by atoms with Crippen LogP contribution in [0.3, 0.4) is 0 Å². The van der Waals surface area contributed by atoms with E-state index in [1.807, 2.05) is 31.2 Å². The number of benzene rings is 1. The Morgan fingerprint density at radius 1 is 1.19 bits per heavy atom. The van der Waals surface area contributed by atoms with Gasteiger partial charge in [0.25, 0.3) is 0 Å². The molecule has 2 heterocycles. The molecule has 1 aliphatic rings. The van der Waals surface area contributed by atoms with E-state index in [0.29, 0.717) is 18.0 Å². The minimum atomic E-state index is -0.0277. The summed E-state index contributed by atoms with van der Waals surface area (Å²) in [6.07, 6.45) is 2.56. The summed E-state index contributed by atoms with van der Waals surface area (Å²) < 4.78 is 5.28. The van der Waals surface area contributed by atoms with Crippen LogP contribution in [0.15, 0.2) is 30.6 Å². The van der Waals surface area contributed by atoms with Gasteiger partial charge in [0.1, 0.15) is 17.9 Å². The van der Waals surface area contributed by atoms with Gasteiger partial charge in [-0.2, -0.15) is 0 Å². The molecule has 0 atom stereocenters. The van der Waals surface area contributed by atoms with Gasteiger partial charge in [-0.1, -0.05) is 19.1 Å². The molecular weight excluding hydrogens is 342 g/mol. The number of aromatic nitrogens is 2. The lowest BCUT2D eigenvalue weighted by molar-refractivity contribution is -0.117. The second kappa shape index (κ2) is 8.81. The number of carbonyl (C=O) groups excluding carboxylic acids is 1. The topological polar surface area (TPSA) is 70.6 Å². The van der Waals surface area contributed by atoms with E-state index in [4.69, 9.17) is 4.74 Å². The van der Waals surface area contributed by atoms with E-state index >= 15 is 0 Å². The van der Waals surface area contributed by atoms with Gasteiger partial charge in [0.15, 0.2) is 0 Å². The quantitative estimate of drug-likeness (QED) is 0.841. The molecule has 2 aromatic rings. The van der Waals surface area contributed by atoms with Crippen molar-refractivity contribution in [1.82, 2.24) is 14.9 Å². The Bertz CT molecular complexity index is 788. The Kier molecular flexibility index (Phi) is 6.24. The number of amides is 1. The standard InChI is InChI=1S/C20H27N5O2/c1-4-16-15(2)21-14-22-20(16)25-11-9-24(10-12-25)13-19(26)23-17-7-5-6-8-18(17)27-3/h5-8,14H,4,9-13H2,1-3H3,(H,23,26). The summed E-state index contributed by atoms with van der Waals surface area (Å²) in [7, 11) is 1.60. The number of nitrogens with zero attached hydrogens (tertiary/aromatic N) is 4. The number of anilines is 2. The SMILES string of the molecule is CCc1c(C)ncnc1N1CCN(CC(=O)Nc2ccccc2OC)CC1. The van der Waals surface area contributed by atoms with Crippen molar-refractivity contribution in [3.63, 3.8) is 0 Å². The molecule has 1 amide bonds. The van der Waals surface area contributed by atoms with Crippen LogP contribution in [-0.2, 0) is 11.2 Å². The molecule has 1 N–H and O–H groups in total. The van der Waals surface area contributed by atoms with Gasteiger partial charge in [0.05, 0.1) is 19.3 Å². The summed E-state index contributed by atoms with van der Waals surface area (Å²) in [6, 6.07) is 7.45. The molecule has 144 valence electrons. The molecule has 0 radical (unpaired) electrons. The van der Waals surface area contributed by atoms with Gasteiger partial charge in [0, 0.05) is 37.4 Å². The average molecular weight is 369 g/mol. The number of para-hydroxylation sites is 2. The Morgan fingerprint density at radius 3 is 2.63 bits per heavy atom. The van der Waals surface area contributed by atoms with Crippen LogP contribution in [0, 0.1) is 6.92 Å². The maximum atomic E-state index is 12.4. The second-order valence-corrected chi connectivity index (χ2v) is 6.63. The molecule has 0 spiro atoms. The van der Waals surface area contributed by atoms with Gasteiger partial charge in [0.2, 0.25) is 5.91 Å². The summed E-state index contributed by atoms with van der Waals surface area (Å²) in [4.78, 5) is 25.7. The number of rotatable bonds is 6. The van der Waals surface area contributed by atoms with E-state index < -0.39 is 0 Å². The molecule has 0 unspecified atom stereocenters. The van der Waals surface area contributed by atoms with Crippen molar-refractivity contribution in [2.24, 2.45) is 0 Å². The molecule has 7 heteroatoms. The van der Waals surface area contributed by atoms with E-state index in [2.05, 4.69) is 32.0 Å². The lowest BCUT2D eigenvalue weighted by Crippen LogP contribution is -2.49. The molecule has 7 nitrogen and oxygen atoms in total.